The average molecular weight is 397 g/mol. The summed E-state index contributed by atoms with van der Waals surface area (Å²) in [7, 11) is 0. The Hall–Kier alpha value is -2.53. The Morgan fingerprint density at radius 2 is 1.23 bits per heavy atom. The van der Waals surface area contributed by atoms with Gasteiger partial charge in [-0.1, -0.05) is 48.5 Å². The van der Waals surface area contributed by atoms with Gasteiger partial charge >= 0.3 is 40.1 Å². The third-order valence-corrected chi connectivity index (χ3v) is 2.84. The molecule has 4 nitrogen and oxygen atoms in total. The fraction of sp³-hybridized carbons (Fsp3) is 0.111. The maximum absolute atomic E-state index is 13.0. The van der Waals surface area contributed by atoms with Crippen LogP contribution in [0.15, 0.2) is 54.6 Å². The quantitative estimate of drug-likeness (QED) is 0.551. The number of alkyl halides is 3. The summed E-state index contributed by atoms with van der Waals surface area (Å²) in [5, 5.41) is 9.21. The minimum Gasteiger partial charge on any atom is 0 e. The van der Waals surface area contributed by atoms with Crippen LogP contribution in [-0.2, 0) is 37.5 Å². The molecule has 0 aromatic heterocycles. The zero-order valence-electron chi connectivity index (χ0n) is 13.0. The van der Waals surface area contributed by atoms with Crippen molar-refractivity contribution in [2.75, 3.05) is 0 Å². The first kappa shape index (κ1) is 28.3. The number of halogens is 3. The van der Waals surface area contributed by atoms with Gasteiger partial charge in [0.15, 0.2) is 0 Å². The zero-order valence-corrected chi connectivity index (χ0v) is 14.3. The van der Waals surface area contributed by atoms with E-state index in [2.05, 4.69) is 20.0 Å². The Labute approximate surface area is 159 Å². The molecule has 0 saturated carbocycles. The molecule has 1 atom stereocenters. The molecule has 0 heterocycles. The van der Waals surface area contributed by atoms with Crippen molar-refractivity contribution in [2.24, 2.45) is 0 Å². The fourth-order valence-corrected chi connectivity index (χ4v) is 1.98. The first-order valence-electron chi connectivity index (χ1n) is 6.26. The molecule has 2 aromatic rings. The number of hydrogen-bond donors (Lipinski definition) is 0. The predicted molar refractivity (Wildman–Crippen MR) is 77.1 cm³/mol. The first-order chi connectivity index (χ1) is 12.0. The van der Waals surface area contributed by atoms with Crippen molar-refractivity contribution in [1.82, 2.24) is 0 Å². The first-order valence-corrected chi connectivity index (χ1v) is 6.26. The number of hydrogen-bond acceptors (Lipinski definition) is 1. The van der Waals surface area contributed by atoms with Gasteiger partial charge in [0.05, 0.1) is 17.6 Å². The molecule has 0 N–H and O–H groups in total. The van der Waals surface area contributed by atoms with E-state index in [0.29, 0.717) is 5.56 Å². The molecular weight excluding hydrogens is 387 g/mol. The molecule has 0 fully saturated rings. The third-order valence-electron chi connectivity index (χ3n) is 2.84. The number of nitrogens with zero attached hydrogens (tertiary/aromatic N) is 1. The van der Waals surface area contributed by atoms with Crippen molar-refractivity contribution in [1.29, 1.82) is 5.26 Å². The molecule has 0 saturated heterocycles. The summed E-state index contributed by atoms with van der Waals surface area (Å²) >= 11 is 0. The van der Waals surface area contributed by atoms with Gasteiger partial charge in [0.2, 0.25) is 0 Å². The predicted octanol–water partition coefficient (Wildman–Crippen LogP) is 4.25. The molecular formula is C18H10CrF3NO3. The van der Waals surface area contributed by atoms with E-state index in [1.165, 1.54) is 18.2 Å². The van der Waals surface area contributed by atoms with Gasteiger partial charge in [-0.25, -0.2) is 0 Å². The van der Waals surface area contributed by atoms with Crippen molar-refractivity contribution in [3.8, 4) is 6.07 Å². The number of rotatable bonds is 2. The van der Waals surface area contributed by atoms with Crippen molar-refractivity contribution < 1.29 is 44.5 Å². The molecule has 0 spiro atoms. The minimum atomic E-state index is -4.46. The average Bonchev–Trinajstić information content (AvgIpc) is 2.68. The van der Waals surface area contributed by atoms with E-state index in [0.717, 1.165) is 6.07 Å². The molecule has 132 valence electrons. The van der Waals surface area contributed by atoms with E-state index in [-0.39, 0.29) is 22.9 Å². The summed E-state index contributed by atoms with van der Waals surface area (Å²) in [4.78, 5) is 0. The van der Waals surface area contributed by atoms with E-state index in [1.807, 2.05) is 6.07 Å². The van der Waals surface area contributed by atoms with Crippen LogP contribution in [0.1, 0.15) is 22.6 Å². The molecule has 0 aliphatic carbocycles. The van der Waals surface area contributed by atoms with Crippen molar-refractivity contribution in [3.05, 3.63) is 91.2 Å². The summed E-state index contributed by atoms with van der Waals surface area (Å²) in [6.45, 7) is 13.5. The third kappa shape index (κ3) is 8.53. The van der Waals surface area contributed by atoms with E-state index in [9.17, 15) is 18.4 Å². The van der Waals surface area contributed by atoms with Gasteiger partial charge in [-0.2, -0.15) is 18.4 Å². The monoisotopic (exact) mass is 397 g/mol. The van der Waals surface area contributed by atoms with Gasteiger partial charge in [0.25, 0.3) is 0 Å². The Balaban J connectivity index is -0.000000686. The summed E-state index contributed by atoms with van der Waals surface area (Å²) in [6, 6.07) is 15.6. The Kier molecular flexibility index (Phi) is 17.4. The van der Waals surface area contributed by atoms with Crippen LogP contribution in [0.25, 0.3) is 0 Å². The van der Waals surface area contributed by atoms with E-state index < -0.39 is 17.7 Å². The molecule has 26 heavy (non-hydrogen) atoms. The summed E-state index contributed by atoms with van der Waals surface area (Å²) in [5.41, 5.74) is -0.212. The molecule has 0 bridgehead atoms. The Morgan fingerprint density at radius 3 is 1.65 bits per heavy atom. The van der Waals surface area contributed by atoms with Crippen LogP contribution in [0.3, 0.4) is 0 Å². The summed E-state index contributed by atoms with van der Waals surface area (Å²) in [5.74, 6) is -0.918. The standard InChI is InChI=1S/C15H10F3N.3CO.Cr/c16-15(17,18)14-9-5-4-8-12(14)13(10-19)11-6-2-1-3-7-11;3*1-2;/h1-9,13H;;;;. The fourth-order valence-electron chi connectivity index (χ4n) is 1.98. The molecule has 1 unspecified atom stereocenters. The smallest absolute Gasteiger partial charge is 0 e. The molecule has 8 heteroatoms. The van der Waals surface area contributed by atoms with Crippen LogP contribution in [0.5, 0.6) is 0 Å². The second-order valence-electron chi connectivity index (χ2n) is 4.06. The van der Waals surface area contributed by atoms with Crippen LogP contribution >= 0.6 is 0 Å². The topological polar surface area (TPSA) is 83.5 Å². The zero-order chi connectivity index (χ0) is 19.9. The second-order valence-corrected chi connectivity index (χ2v) is 4.06. The molecule has 0 aliphatic heterocycles. The SMILES string of the molecule is N#CC(c1ccccc1)c1ccccc1C(F)(F)F.[C-]#[O+].[C-]#[O+].[C-]#[O+].[Cr]. The minimum absolute atomic E-state index is 0. The molecule has 2 aromatic carbocycles. The van der Waals surface area contributed by atoms with Gasteiger partial charge in [-0.3, -0.25) is 0 Å². The number of benzene rings is 2. The molecule has 0 amide bonds. The maximum Gasteiger partial charge on any atom is 0 e. The second kappa shape index (κ2) is 16.0. The van der Waals surface area contributed by atoms with Crippen LogP contribution in [0.2, 0.25) is 0 Å². The normalized spacial score (nSPS) is 9.54. The number of nitriles is 1. The molecule has 0 aliphatic rings. The molecule has 0 radical (unpaired) electrons. The van der Waals surface area contributed by atoms with Gasteiger partial charge in [-0.05, 0) is 17.2 Å². The van der Waals surface area contributed by atoms with Crippen LogP contribution in [0.4, 0.5) is 13.2 Å². The largest absolute Gasteiger partial charge is 0 e. The van der Waals surface area contributed by atoms with Crippen molar-refractivity contribution in [3.63, 3.8) is 0 Å². The van der Waals surface area contributed by atoms with Crippen molar-refractivity contribution in [2.45, 2.75) is 12.1 Å². The van der Waals surface area contributed by atoms with Crippen LogP contribution in [0, 0.1) is 31.3 Å². The van der Waals surface area contributed by atoms with Crippen LogP contribution < -0.4 is 0 Å². The van der Waals surface area contributed by atoms with E-state index in [1.54, 1.807) is 30.3 Å². The van der Waals surface area contributed by atoms with Crippen LogP contribution in [-0.4, -0.2) is 0 Å². The van der Waals surface area contributed by atoms with Gasteiger partial charge < -0.3 is 0 Å². The maximum atomic E-state index is 13.0. The van der Waals surface area contributed by atoms with E-state index >= 15 is 0 Å². The van der Waals surface area contributed by atoms with Gasteiger partial charge in [0.1, 0.15) is 0 Å². The summed E-state index contributed by atoms with van der Waals surface area (Å²) in [6.07, 6.45) is -4.46. The van der Waals surface area contributed by atoms with E-state index in [4.69, 9.17) is 14.0 Å². The van der Waals surface area contributed by atoms with Gasteiger partial charge in [-0.15, -0.1) is 0 Å². The van der Waals surface area contributed by atoms with Crippen molar-refractivity contribution >= 4 is 0 Å². The molecule has 2 rings (SSSR count). The Morgan fingerprint density at radius 1 is 0.808 bits per heavy atom. The van der Waals surface area contributed by atoms with Gasteiger partial charge in [0, 0.05) is 17.4 Å². The Bertz CT molecular complexity index is 721. The summed E-state index contributed by atoms with van der Waals surface area (Å²) < 4.78 is 61.4.